The molecule has 0 saturated carbocycles. The summed E-state index contributed by atoms with van der Waals surface area (Å²) in [7, 11) is 0. The summed E-state index contributed by atoms with van der Waals surface area (Å²) >= 11 is 6.59. The lowest BCUT2D eigenvalue weighted by atomic mass is 10.2. The lowest BCUT2D eigenvalue weighted by Gasteiger charge is -2.22. The number of thiophene rings is 1. The molecule has 1 saturated heterocycles. The molecule has 2 aromatic rings. The van der Waals surface area contributed by atoms with E-state index in [9.17, 15) is 4.79 Å². The number of rotatable bonds is 5. The van der Waals surface area contributed by atoms with Crippen molar-refractivity contribution < 1.29 is 4.79 Å². The monoisotopic (exact) mass is 399 g/mol. The molecule has 118 valence electrons. The van der Waals surface area contributed by atoms with E-state index in [4.69, 9.17) is 0 Å². The third kappa shape index (κ3) is 3.59. The highest BCUT2D eigenvalue weighted by molar-refractivity contribution is 9.10. The first-order valence-electron chi connectivity index (χ1n) is 7.39. The number of hydrogen-bond acceptors (Lipinski definition) is 5. The number of likely N-dealkylation sites (tertiary alicyclic amines) is 1. The van der Waals surface area contributed by atoms with Crippen LogP contribution in [0.3, 0.4) is 0 Å². The Morgan fingerprint density at radius 3 is 3.09 bits per heavy atom. The van der Waals surface area contributed by atoms with Crippen LogP contribution in [-0.4, -0.2) is 41.5 Å². The Morgan fingerprint density at radius 2 is 2.36 bits per heavy atom. The van der Waals surface area contributed by atoms with Gasteiger partial charge in [0, 0.05) is 27.8 Å². The molecule has 1 unspecified atom stereocenters. The van der Waals surface area contributed by atoms with E-state index in [-0.39, 0.29) is 5.91 Å². The molecule has 0 radical (unpaired) electrons. The lowest BCUT2D eigenvalue weighted by Crippen LogP contribution is -2.40. The van der Waals surface area contributed by atoms with Crippen molar-refractivity contribution in [2.24, 2.45) is 0 Å². The number of likely N-dealkylation sites (N-methyl/N-ethyl adjacent to an activating group) is 1. The van der Waals surface area contributed by atoms with Gasteiger partial charge in [0.25, 0.3) is 5.91 Å². The van der Waals surface area contributed by atoms with Gasteiger partial charge in [0.15, 0.2) is 0 Å². The van der Waals surface area contributed by atoms with Crippen molar-refractivity contribution in [3.8, 4) is 9.88 Å². The summed E-state index contributed by atoms with van der Waals surface area (Å²) in [6.45, 7) is 5.08. The van der Waals surface area contributed by atoms with Gasteiger partial charge < -0.3 is 5.32 Å². The summed E-state index contributed by atoms with van der Waals surface area (Å²) in [6, 6.07) is 2.50. The highest BCUT2D eigenvalue weighted by Crippen LogP contribution is 2.31. The van der Waals surface area contributed by atoms with Crippen molar-refractivity contribution in [3.05, 3.63) is 27.0 Å². The SMILES string of the molecule is CCN1CCCC1CNC(=O)c1csc(-c2cc(Br)cs2)n1. The van der Waals surface area contributed by atoms with Crippen LogP contribution in [-0.2, 0) is 0 Å². The van der Waals surface area contributed by atoms with Gasteiger partial charge in [0.1, 0.15) is 10.7 Å². The Balaban J connectivity index is 1.60. The molecule has 1 fully saturated rings. The molecule has 1 amide bonds. The summed E-state index contributed by atoms with van der Waals surface area (Å²) in [4.78, 5) is 20.2. The van der Waals surface area contributed by atoms with Gasteiger partial charge in [0.05, 0.1) is 4.88 Å². The quantitative estimate of drug-likeness (QED) is 0.830. The fourth-order valence-electron chi connectivity index (χ4n) is 2.76. The van der Waals surface area contributed by atoms with E-state index in [1.54, 1.807) is 11.3 Å². The maximum atomic E-state index is 12.3. The molecule has 0 spiro atoms. The van der Waals surface area contributed by atoms with Crippen LogP contribution < -0.4 is 5.32 Å². The lowest BCUT2D eigenvalue weighted by molar-refractivity contribution is 0.0937. The van der Waals surface area contributed by atoms with Crippen LogP contribution >= 0.6 is 38.6 Å². The molecule has 4 nitrogen and oxygen atoms in total. The van der Waals surface area contributed by atoms with Crippen LogP contribution in [0.2, 0.25) is 0 Å². The maximum Gasteiger partial charge on any atom is 0.270 e. The normalized spacial score (nSPS) is 18.7. The van der Waals surface area contributed by atoms with Crippen LogP contribution in [0.25, 0.3) is 9.88 Å². The minimum absolute atomic E-state index is 0.0684. The van der Waals surface area contributed by atoms with Gasteiger partial charge in [-0.05, 0) is 47.9 Å². The number of amides is 1. The second-order valence-corrected chi connectivity index (χ2v) is 7.99. The summed E-state index contributed by atoms with van der Waals surface area (Å²) < 4.78 is 1.05. The Labute approximate surface area is 146 Å². The first-order valence-corrected chi connectivity index (χ1v) is 9.94. The predicted molar refractivity (Wildman–Crippen MR) is 95.7 cm³/mol. The average Bonchev–Trinajstić information content (AvgIpc) is 3.24. The van der Waals surface area contributed by atoms with E-state index >= 15 is 0 Å². The van der Waals surface area contributed by atoms with Crippen LogP contribution in [0.5, 0.6) is 0 Å². The molecular weight excluding hydrogens is 382 g/mol. The topological polar surface area (TPSA) is 45.2 Å². The molecule has 22 heavy (non-hydrogen) atoms. The molecule has 2 aromatic heterocycles. The molecule has 1 N–H and O–H groups in total. The summed E-state index contributed by atoms with van der Waals surface area (Å²) in [5, 5.41) is 7.79. The minimum atomic E-state index is -0.0684. The Hall–Kier alpha value is -0.760. The molecule has 0 bridgehead atoms. The molecule has 0 aromatic carbocycles. The van der Waals surface area contributed by atoms with E-state index in [1.807, 2.05) is 16.8 Å². The van der Waals surface area contributed by atoms with Gasteiger partial charge in [-0.15, -0.1) is 22.7 Å². The highest BCUT2D eigenvalue weighted by Gasteiger charge is 2.23. The standard InChI is InChI=1S/C15H18BrN3OS2/c1-2-19-5-3-4-11(19)7-17-14(20)12-9-22-15(18-12)13-6-10(16)8-21-13/h6,8-9,11H,2-5,7H2,1H3,(H,17,20). The number of nitrogens with zero attached hydrogens (tertiary/aromatic N) is 2. The molecule has 3 heterocycles. The first kappa shape index (κ1) is 16.1. The number of carbonyl (C=O) groups excluding carboxylic acids is 1. The van der Waals surface area contributed by atoms with E-state index in [1.165, 1.54) is 24.2 Å². The smallest absolute Gasteiger partial charge is 0.270 e. The van der Waals surface area contributed by atoms with Crippen molar-refractivity contribution in [2.45, 2.75) is 25.8 Å². The molecule has 1 aliphatic rings. The summed E-state index contributed by atoms with van der Waals surface area (Å²) in [5.74, 6) is -0.0684. The van der Waals surface area contributed by atoms with Gasteiger partial charge in [0.2, 0.25) is 0 Å². The van der Waals surface area contributed by atoms with Crippen LogP contribution in [0.15, 0.2) is 21.3 Å². The van der Waals surface area contributed by atoms with Gasteiger partial charge in [-0.2, -0.15) is 0 Å². The van der Waals surface area contributed by atoms with Crippen molar-refractivity contribution in [3.63, 3.8) is 0 Å². The van der Waals surface area contributed by atoms with Crippen molar-refractivity contribution >= 4 is 44.5 Å². The van der Waals surface area contributed by atoms with Gasteiger partial charge in [-0.1, -0.05) is 6.92 Å². The third-order valence-electron chi connectivity index (χ3n) is 3.92. The first-order chi connectivity index (χ1) is 10.7. The second-order valence-electron chi connectivity index (χ2n) is 5.30. The number of carbonyl (C=O) groups is 1. The molecule has 1 aliphatic heterocycles. The number of aromatic nitrogens is 1. The van der Waals surface area contributed by atoms with Crippen molar-refractivity contribution in [2.75, 3.05) is 19.6 Å². The molecule has 7 heteroatoms. The van der Waals surface area contributed by atoms with E-state index in [0.29, 0.717) is 18.3 Å². The van der Waals surface area contributed by atoms with Crippen LogP contribution in [0, 0.1) is 0 Å². The largest absolute Gasteiger partial charge is 0.349 e. The third-order valence-corrected chi connectivity index (χ3v) is 6.62. The molecule has 1 atom stereocenters. The number of nitrogens with one attached hydrogen (secondary N) is 1. The highest BCUT2D eigenvalue weighted by atomic mass is 79.9. The zero-order valence-corrected chi connectivity index (χ0v) is 15.6. The Bertz CT molecular complexity index is 655. The fraction of sp³-hybridized carbons (Fsp3) is 0.467. The zero-order chi connectivity index (χ0) is 15.5. The van der Waals surface area contributed by atoms with Gasteiger partial charge >= 0.3 is 0 Å². The minimum Gasteiger partial charge on any atom is -0.349 e. The Morgan fingerprint density at radius 1 is 1.50 bits per heavy atom. The molecular formula is C15H18BrN3OS2. The van der Waals surface area contributed by atoms with E-state index < -0.39 is 0 Å². The number of thiazole rings is 1. The van der Waals surface area contributed by atoms with Gasteiger partial charge in [-0.25, -0.2) is 4.98 Å². The zero-order valence-electron chi connectivity index (χ0n) is 12.3. The number of halogens is 1. The van der Waals surface area contributed by atoms with Gasteiger partial charge in [-0.3, -0.25) is 9.69 Å². The van der Waals surface area contributed by atoms with Crippen molar-refractivity contribution in [1.29, 1.82) is 0 Å². The van der Waals surface area contributed by atoms with Crippen LogP contribution in [0.1, 0.15) is 30.3 Å². The number of hydrogen-bond donors (Lipinski definition) is 1. The summed E-state index contributed by atoms with van der Waals surface area (Å²) in [6.07, 6.45) is 2.39. The van der Waals surface area contributed by atoms with E-state index in [0.717, 1.165) is 27.4 Å². The van der Waals surface area contributed by atoms with E-state index in [2.05, 4.69) is 38.1 Å². The average molecular weight is 400 g/mol. The van der Waals surface area contributed by atoms with Crippen LogP contribution in [0.4, 0.5) is 0 Å². The predicted octanol–water partition coefficient (Wildman–Crippen LogP) is 3.85. The Kier molecular flexibility index (Phi) is 5.28. The maximum absolute atomic E-state index is 12.3. The molecule has 3 rings (SSSR count). The summed E-state index contributed by atoms with van der Waals surface area (Å²) in [5.41, 5.74) is 0.519. The fourth-order valence-corrected chi connectivity index (χ4v) is 5.07. The molecule has 0 aliphatic carbocycles. The van der Waals surface area contributed by atoms with Crippen molar-refractivity contribution in [1.82, 2.24) is 15.2 Å². The second kappa shape index (κ2) is 7.21.